The second kappa shape index (κ2) is 13.3. The largest absolute Gasteiger partial charge is 0.481 e. The second-order valence-corrected chi connectivity index (χ2v) is 15.5. The van der Waals surface area contributed by atoms with Crippen LogP contribution in [0.5, 0.6) is 0 Å². The van der Waals surface area contributed by atoms with Gasteiger partial charge in [-0.05, 0) is 91.8 Å². The molecule has 1 heterocycles. The Morgan fingerprint density at radius 1 is 1.11 bits per heavy atom. The maximum Gasteiger partial charge on any atom is 0.305 e. The van der Waals surface area contributed by atoms with Gasteiger partial charge in [-0.3, -0.25) is 19.4 Å². The predicted molar refractivity (Wildman–Crippen MR) is 173 cm³/mol. The third-order valence-corrected chi connectivity index (χ3v) is 10.00. The molecule has 242 valence electrons. The molecule has 4 rings (SSSR count). The van der Waals surface area contributed by atoms with Crippen molar-refractivity contribution in [2.24, 2.45) is 21.7 Å². The number of aliphatic carboxylic acids is 1. The van der Waals surface area contributed by atoms with Gasteiger partial charge in [-0.1, -0.05) is 65.3 Å². The van der Waals surface area contributed by atoms with E-state index in [1.54, 1.807) is 6.08 Å². The monoisotopic (exact) mass is 629 g/mol. The van der Waals surface area contributed by atoms with Gasteiger partial charge in [-0.2, -0.15) is 0 Å². The highest BCUT2D eigenvalue weighted by molar-refractivity contribution is 6.47. The second-order valence-electron chi connectivity index (χ2n) is 15.1. The van der Waals surface area contributed by atoms with Crippen LogP contribution in [0.15, 0.2) is 50.8 Å². The van der Waals surface area contributed by atoms with Crippen LogP contribution in [0.4, 0.5) is 4.39 Å². The molecule has 0 saturated heterocycles. The fraction of sp³-hybridized carbons (Fsp3) is 0.657. The minimum Gasteiger partial charge on any atom is -0.481 e. The molecule has 1 spiro atoms. The third-order valence-electron chi connectivity index (χ3n) is 9.68. The minimum atomic E-state index is -0.957. The van der Waals surface area contributed by atoms with E-state index in [0.29, 0.717) is 42.0 Å². The molecule has 0 aromatic rings. The topological polar surface area (TPSA) is 99.1 Å². The number of hydrogen-bond donors (Lipinski definition) is 2. The highest BCUT2D eigenvalue weighted by Crippen LogP contribution is 2.49. The van der Waals surface area contributed by atoms with Crippen LogP contribution in [0.1, 0.15) is 112 Å². The summed E-state index contributed by atoms with van der Waals surface area (Å²) >= 11 is 6.21. The van der Waals surface area contributed by atoms with Crippen LogP contribution in [0.3, 0.4) is 0 Å². The van der Waals surface area contributed by atoms with E-state index in [9.17, 15) is 18.8 Å². The van der Waals surface area contributed by atoms with Gasteiger partial charge < -0.3 is 15.3 Å². The number of carboxylic acids is 1. The van der Waals surface area contributed by atoms with E-state index in [4.69, 9.17) is 21.7 Å². The molecule has 2 amide bonds. The van der Waals surface area contributed by atoms with Crippen molar-refractivity contribution in [1.29, 1.82) is 0 Å². The first kappa shape index (κ1) is 34.1. The quantitative estimate of drug-likeness (QED) is 0.272. The van der Waals surface area contributed by atoms with Crippen LogP contribution >= 0.6 is 11.6 Å². The van der Waals surface area contributed by atoms with E-state index in [1.165, 1.54) is 0 Å². The summed E-state index contributed by atoms with van der Waals surface area (Å²) in [6, 6.07) is -0.200. The van der Waals surface area contributed by atoms with Crippen LogP contribution < -0.4 is 5.32 Å². The van der Waals surface area contributed by atoms with Crippen LogP contribution in [0.25, 0.3) is 0 Å². The Hall–Kier alpha value is -2.74. The van der Waals surface area contributed by atoms with Gasteiger partial charge in [0, 0.05) is 18.5 Å². The Morgan fingerprint density at radius 3 is 2.34 bits per heavy atom. The van der Waals surface area contributed by atoms with Crippen LogP contribution in [0.2, 0.25) is 0 Å². The Kier molecular flexibility index (Phi) is 10.3. The number of aliphatic imine (C=N–C) groups is 1. The molecule has 1 fully saturated rings. The Morgan fingerprint density at radius 2 is 1.80 bits per heavy atom. The van der Waals surface area contributed by atoms with E-state index in [0.717, 1.165) is 44.1 Å². The maximum atomic E-state index is 14.5. The minimum absolute atomic E-state index is 0.0454. The lowest BCUT2D eigenvalue weighted by Gasteiger charge is -2.48. The van der Waals surface area contributed by atoms with Crippen LogP contribution in [-0.2, 0) is 14.4 Å². The number of amides is 2. The Labute approximate surface area is 266 Å². The molecule has 1 aliphatic heterocycles. The van der Waals surface area contributed by atoms with Crippen molar-refractivity contribution in [1.82, 2.24) is 10.2 Å². The van der Waals surface area contributed by atoms with Crippen LogP contribution in [-0.4, -0.2) is 51.8 Å². The number of carbonyl (C=O) groups is 3. The third kappa shape index (κ3) is 7.91. The molecule has 3 aliphatic carbocycles. The number of carbonyl (C=O) groups excluding carboxylic acids is 2. The van der Waals surface area contributed by atoms with Crippen molar-refractivity contribution < 1.29 is 23.9 Å². The first-order chi connectivity index (χ1) is 20.5. The van der Waals surface area contributed by atoms with Gasteiger partial charge in [0.1, 0.15) is 17.2 Å². The molecule has 0 aromatic carbocycles. The Bertz CT molecular complexity index is 1320. The molecule has 9 heteroatoms. The lowest BCUT2D eigenvalue weighted by Crippen LogP contribution is -2.55. The van der Waals surface area contributed by atoms with Gasteiger partial charge in [0.25, 0.3) is 5.91 Å². The van der Waals surface area contributed by atoms with Gasteiger partial charge in [0.05, 0.1) is 17.5 Å². The summed E-state index contributed by atoms with van der Waals surface area (Å²) in [7, 11) is 0. The fourth-order valence-corrected chi connectivity index (χ4v) is 7.20. The zero-order valence-corrected chi connectivity index (χ0v) is 28.0. The maximum absolute atomic E-state index is 14.5. The summed E-state index contributed by atoms with van der Waals surface area (Å²) < 4.78 is 14.2. The van der Waals surface area contributed by atoms with E-state index in [-0.39, 0.29) is 58.9 Å². The molecule has 0 aromatic heterocycles. The molecule has 0 radical (unpaired) electrons. The molecule has 7 nitrogen and oxygen atoms in total. The van der Waals surface area contributed by atoms with E-state index in [2.05, 4.69) is 46.9 Å². The number of halogens is 2. The SMILES string of the molecule is CC(C)(C)CCC(C1=CC=C(C(=O)NCCC(=O)O)CC1)N1C(=O)C(C2=CC(Cl)=C(F)CC2)=NC12CCC(C(C)(C)C)CC2. The predicted octanol–water partition coefficient (Wildman–Crippen LogP) is 7.77. The lowest BCUT2D eigenvalue weighted by molar-refractivity contribution is -0.137. The van der Waals surface area contributed by atoms with Gasteiger partial charge in [-0.25, -0.2) is 4.39 Å². The summed E-state index contributed by atoms with van der Waals surface area (Å²) in [5.74, 6) is -1.16. The summed E-state index contributed by atoms with van der Waals surface area (Å²) in [6.45, 7) is 13.5. The molecule has 0 bridgehead atoms. The zero-order chi connectivity index (χ0) is 32.4. The average molecular weight is 630 g/mol. The molecule has 1 unspecified atom stereocenters. The number of allylic oxidation sites excluding steroid dienone is 5. The molecule has 2 N–H and O–H groups in total. The van der Waals surface area contributed by atoms with Crippen LogP contribution in [0, 0.1) is 16.7 Å². The average Bonchev–Trinajstić information content (AvgIpc) is 3.20. The molecule has 4 aliphatic rings. The van der Waals surface area contributed by atoms with E-state index in [1.807, 2.05) is 17.1 Å². The van der Waals surface area contributed by atoms with Crippen molar-refractivity contribution in [3.8, 4) is 0 Å². The van der Waals surface area contributed by atoms with Gasteiger partial charge >= 0.3 is 5.97 Å². The van der Waals surface area contributed by atoms with Crippen molar-refractivity contribution in [3.63, 3.8) is 0 Å². The summed E-state index contributed by atoms with van der Waals surface area (Å²) in [4.78, 5) is 45.4. The normalized spacial score (nSPS) is 25.4. The fourth-order valence-electron chi connectivity index (χ4n) is 6.97. The number of nitrogens with zero attached hydrogens (tertiary/aromatic N) is 2. The highest BCUT2D eigenvalue weighted by Gasteiger charge is 2.53. The van der Waals surface area contributed by atoms with Gasteiger partial charge in [-0.15, -0.1) is 0 Å². The molecule has 1 saturated carbocycles. The number of rotatable bonds is 9. The molecule has 1 atom stereocenters. The summed E-state index contributed by atoms with van der Waals surface area (Å²) in [6.07, 6.45) is 12.0. The molecular formula is C35H49ClFN3O4. The van der Waals surface area contributed by atoms with Crippen molar-refractivity contribution in [3.05, 3.63) is 45.8 Å². The standard InChI is InChI=1S/C35H49ClFN3O4/c1-33(2,3)17-15-28(22-7-9-23(10-8-22)31(43)38-20-16-29(41)42)40-32(44)30(24-11-12-27(37)26(36)21-24)39-35(40)18-13-25(14-19-35)34(4,5)6/h7,9,21,25,28H,8,10-20H2,1-6H3,(H,38,43)(H,41,42). The number of nitrogens with one attached hydrogen (secondary N) is 1. The number of hydrogen-bond acceptors (Lipinski definition) is 4. The first-order valence-corrected chi connectivity index (χ1v) is 16.5. The smallest absolute Gasteiger partial charge is 0.305 e. The lowest BCUT2D eigenvalue weighted by atomic mass is 9.69. The van der Waals surface area contributed by atoms with Crippen molar-refractivity contribution in [2.45, 2.75) is 124 Å². The molecular weight excluding hydrogens is 581 g/mol. The zero-order valence-electron chi connectivity index (χ0n) is 27.2. The van der Waals surface area contributed by atoms with Gasteiger partial charge in [0.2, 0.25) is 5.91 Å². The van der Waals surface area contributed by atoms with Crippen molar-refractivity contribution in [2.75, 3.05) is 6.54 Å². The summed E-state index contributed by atoms with van der Waals surface area (Å²) in [5, 5.41) is 11.6. The van der Waals surface area contributed by atoms with E-state index < -0.39 is 11.6 Å². The summed E-state index contributed by atoms with van der Waals surface area (Å²) in [5.41, 5.74) is 2.35. The first-order valence-electron chi connectivity index (χ1n) is 16.1. The van der Waals surface area contributed by atoms with Crippen molar-refractivity contribution >= 4 is 35.1 Å². The van der Waals surface area contributed by atoms with E-state index >= 15 is 0 Å². The number of carboxylic acid groups (broad SMARTS) is 1. The molecule has 44 heavy (non-hydrogen) atoms. The van der Waals surface area contributed by atoms with Gasteiger partial charge in [0.15, 0.2) is 0 Å². The Balaban J connectivity index is 1.71. The highest BCUT2D eigenvalue weighted by atomic mass is 35.5.